The van der Waals surface area contributed by atoms with Crippen molar-refractivity contribution in [2.75, 3.05) is 11.4 Å². The first-order chi connectivity index (χ1) is 9.28. The average Bonchev–Trinajstić information content (AvgIpc) is 2.46. The average molecular weight is 249 g/mol. The van der Waals surface area contributed by atoms with Gasteiger partial charge in [0.25, 0.3) is 0 Å². The first kappa shape index (κ1) is 11.7. The Morgan fingerprint density at radius 1 is 1.21 bits per heavy atom. The Bertz CT molecular complexity index is 642. The van der Waals surface area contributed by atoms with Crippen molar-refractivity contribution in [2.24, 2.45) is 5.92 Å². The lowest BCUT2D eigenvalue weighted by atomic mass is 9.94. The highest BCUT2D eigenvalue weighted by Crippen LogP contribution is 2.34. The van der Waals surface area contributed by atoms with Crippen LogP contribution >= 0.6 is 0 Å². The number of para-hydroxylation sites is 1. The van der Waals surface area contributed by atoms with E-state index in [2.05, 4.69) is 47.1 Å². The van der Waals surface area contributed by atoms with E-state index >= 15 is 0 Å². The fourth-order valence-corrected chi connectivity index (χ4v) is 2.65. The van der Waals surface area contributed by atoms with Gasteiger partial charge in [-0.3, -0.25) is 0 Å². The van der Waals surface area contributed by atoms with E-state index in [1.165, 1.54) is 11.3 Å². The quantitative estimate of drug-likeness (QED) is 0.778. The van der Waals surface area contributed by atoms with Gasteiger partial charge in [-0.25, -0.2) is 4.98 Å². The molecule has 2 aromatic rings. The summed E-state index contributed by atoms with van der Waals surface area (Å²) < 4.78 is 0. The third-order valence-electron chi connectivity index (χ3n) is 3.47. The standard InChI is InChI=1S/C16H15N3/c1-12-9-13-5-2-3-7-15(13)19(11-12)16-8-4-6-14(10-17)18-16/h2-8,12H,9,11H2,1H3. The molecule has 94 valence electrons. The predicted molar refractivity (Wildman–Crippen MR) is 75.3 cm³/mol. The molecule has 3 nitrogen and oxygen atoms in total. The first-order valence-corrected chi connectivity index (χ1v) is 6.50. The molecular weight excluding hydrogens is 234 g/mol. The lowest BCUT2D eigenvalue weighted by molar-refractivity contribution is 0.560. The summed E-state index contributed by atoms with van der Waals surface area (Å²) in [7, 11) is 0. The molecule has 3 heteroatoms. The Hall–Kier alpha value is -2.34. The minimum atomic E-state index is 0.466. The molecule has 1 aliphatic rings. The van der Waals surface area contributed by atoms with Crippen molar-refractivity contribution in [1.82, 2.24) is 4.98 Å². The van der Waals surface area contributed by atoms with Crippen LogP contribution in [0.15, 0.2) is 42.5 Å². The Balaban J connectivity index is 2.07. The zero-order valence-electron chi connectivity index (χ0n) is 10.9. The topological polar surface area (TPSA) is 39.9 Å². The number of fused-ring (bicyclic) bond motifs is 1. The fourth-order valence-electron chi connectivity index (χ4n) is 2.65. The largest absolute Gasteiger partial charge is 0.326 e. The van der Waals surface area contributed by atoms with Crippen molar-refractivity contribution in [1.29, 1.82) is 5.26 Å². The van der Waals surface area contributed by atoms with Gasteiger partial charge in [0.1, 0.15) is 17.6 Å². The molecule has 0 aliphatic carbocycles. The molecule has 0 saturated carbocycles. The Kier molecular flexibility index (Phi) is 2.92. The van der Waals surface area contributed by atoms with Crippen molar-refractivity contribution in [3.05, 3.63) is 53.7 Å². The molecule has 1 aliphatic heterocycles. The summed E-state index contributed by atoms with van der Waals surface area (Å²) in [5, 5.41) is 8.98. The molecule has 0 N–H and O–H groups in total. The Morgan fingerprint density at radius 3 is 2.89 bits per heavy atom. The highest BCUT2D eigenvalue weighted by Gasteiger charge is 2.23. The van der Waals surface area contributed by atoms with Crippen molar-refractivity contribution in [2.45, 2.75) is 13.3 Å². The normalized spacial score (nSPS) is 17.7. The van der Waals surface area contributed by atoms with E-state index in [-0.39, 0.29) is 0 Å². The van der Waals surface area contributed by atoms with Gasteiger partial charge in [0.15, 0.2) is 0 Å². The van der Waals surface area contributed by atoms with E-state index in [4.69, 9.17) is 5.26 Å². The number of hydrogen-bond donors (Lipinski definition) is 0. The zero-order chi connectivity index (χ0) is 13.2. The molecule has 1 unspecified atom stereocenters. The van der Waals surface area contributed by atoms with Crippen LogP contribution in [0, 0.1) is 17.2 Å². The smallest absolute Gasteiger partial charge is 0.142 e. The maximum atomic E-state index is 8.98. The maximum absolute atomic E-state index is 8.98. The lowest BCUT2D eigenvalue weighted by Gasteiger charge is -2.34. The highest BCUT2D eigenvalue weighted by molar-refractivity contribution is 5.65. The summed E-state index contributed by atoms with van der Waals surface area (Å²) in [6.07, 6.45) is 1.10. The van der Waals surface area contributed by atoms with E-state index in [1.54, 1.807) is 6.07 Å². The molecule has 1 aromatic heterocycles. The first-order valence-electron chi connectivity index (χ1n) is 6.50. The van der Waals surface area contributed by atoms with E-state index in [0.717, 1.165) is 18.8 Å². The van der Waals surface area contributed by atoms with Gasteiger partial charge in [-0.1, -0.05) is 31.2 Å². The van der Waals surface area contributed by atoms with Crippen molar-refractivity contribution in [3.63, 3.8) is 0 Å². The van der Waals surface area contributed by atoms with Crippen LogP contribution in [0.2, 0.25) is 0 Å². The molecule has 0 fully saturated rings. The monoisotopic (exact) mass is 249 g/mol. The second-order valence-corrected chi connectivity index (χ2v) is 5.04. The van der Waals surface area contributed by atoms with Gasteiger partial charge >= 0.3 is 0 Å². The molecule has 0 amide bonds. The second kappa shape index (κ2) is 4.74. The van der Waals surface area contributed by atoms with Crippen LogP contribution in [0.1, 0.15) is 18.2 Å². The fraction of sp³-hybridized carbons (Fsp3) is 0.250. The van der Waals surface area contributed by atoms with Crippen LogP contribution in [-0.4, -0.2) is 11.5 Å². The van der Waals surface area contributed by atoms with E-state index in [0.29, 0.717) is 11.6 Å². The predicted octanol–water partition coefficient (Wildman–Crippen LogP) is 3.28. The number of benzene rings is 1. The molecular formula is C16H15N3. The van der Waals surface area contributed by atoms with Gasteiger partial charge in [0.2, 0.25) is 0 Å². The zero-order valence-corrected chi connectivity index (χ0v) is 10.9. The van der Waals surface area contributed by atoms with Gasteiger partial charge < -0.3 is 4.90 Å². The minimum Gasteiger partial charge on any atom is -0.326 e. The number of nitriles is 1. The molecule has 3 rings (SSSR count). The Labute approximate surface area is 113 Å². The summed E-state index contributed by atoms with van der Waals surface area (Å²) in [4.78, 5) is 6.63. The third-order valence-corrected chi connectivity index (χ3v) is 3.47. The van der Waals surface area contributed by atoms with Crippen molar-refractivity contribution in [3.8, 4) is 6.07 Å². The molecule has 1 aromatic carbocycles. The van der Waals surface area contributed by atoms with Crippen molar-refractivity contribution < 1.29 is 0 Å². The summed E-state index contributed by atoms with van der Waals surface area (Å²) in [5.41, 5.74) is 3.03. The Morgan fingerprint density at radius 2 is 2.05 bits per heavy atom. The van der Waals surface area contributed by atoms with Gasteiger partial charge in [-0.15, -0.1) is 0 Å². The van der Waals surface area contributed by atoms with E-state index in [9.17, 15) is 0 Å². The van der Waals surface area contributed by atoms with E-state index in [1.807, 2.05) is 12.1 Å². The third kappa shape index (κ3) is 2.17. The number of rotatable bonds is 1. The molecule has 0 bridgehead atoms. The molecule has 0 saturated heterocycles. The summed E-state index contributed by atoms with van der Waals surface area (Å²) in [6, 6.07) is 16.1. The number of anilines is 2. The van der Waals surface area contributed by atoms with Crippen LogP contribution in [0.5, 0.6) is 0 Å². The highest BCUT2D eigenvalue weighted by atomic mass is 15.2. The maximum Gasteiger partial charge on any atom is 0.142 e. The number of hydrogen-bond acceptors (Lipinski definition) is 3. The minimum absolute atomic E-state index is 0.466. The van der Waals surface area contributed by atoms with Crippen LogP contribution in [0.25, 0.3) is 0 Å². The van der Waals surface area contributed by atoms with E-state index < -0.39 is 0 Å². The van der Waals surface area contributed by atoms with Crippen LogP contribution in [0.3, 0.4) is 0 Å². The van der Waals surface area contributed by atoms with Gasteiger partial charge in [0.05, 0.1) is 0 Å². The summed E-state index contributed by atoms with van der Waals surface area (Å²) >= 11 is 0. The van der Waals surface area contributed by atoms with Crippen LogP contribution < -0.4 is 4.90 Å². The van der Waals surface area contributed by atoms with Gasteiger partial charge in [-0.05, 0) is 36.1 Å². The molecule has 1 atom stereocenters. The summed E-state index contributed by atoms with van der Waals surface area (Å²) in [5.74, 6) is 1.44. The lowest BCUT2D eigenvalue weighted by Crippen LogP contribution is -2.31. The van der Waals surface area contributed by atoms with Gasteiger partial charge in [0, 0.05) is 12.2 Å². The van der Waals surface area contributed by atoms with Crippen molar-refractivity contribution >= 4 is 11.5 Å². The van der Waals surface area contributed by atoms with Crippen LogP contribution in [0.4, 0.5) is 11.5 Å². The molecule has 0 radical (unpaired) electrons. The number of nitrogens with zero attached hydrogens (tertiary/aromatic N) is 3. The molecule has 19 heavy (non-hydrogen) atoms. The summed E-state index contributed by atoms with van der Waals surface area (Å²) in [6.45, 7) is 3.19. The number of pyridine rings is 1. The van der Waals surface area contributed by atoms with Crippen LogP contribution in [-0.2, 0) is 6.42 Å². The second-order valence-electron chi connectivity index (χ2n) is 5.04. The SMILES string of the molecule is CC1Cc2ccccc2N(c2cccc(C#N)n2)C1. The van der Waals surface area contributed by atoms with Gasteiger partial charge in [-0.2, -0.15) is 5.26 Å². The number of aromatic nitrogens is 1. The molecule has 2 heterocycles. The molecule has 0 spiro atoms.